The number of anilines is 1. The van der Waals surface area contributed by atoms with E-state index in [2.05, 4.69) is 10.6 Å². The number of thioether (sulfide) groups is 1. The average Bonchev–Trinajstić information content (AvgIpc) is 3.35. The summed E-state index contributed by atoms with van der Waals surface area (Å²) in [4.78, 5) is 23.1. The smallest absolute Gasteiger partial charge is 0.416 e. The Morgan fingerprint density at radius 1 is 1.05 bits per heavy atom. The van der Waals surface area contributed by atoms with Gasteiger partial charge < -0.3 is 20.2 Å². The summed E-state index contributed by atoms with van der Waals surface area (Å²) in [6.07, 6.45) is 2.96. The number of amides is 1. The number of rotatable bonds is 11. The molecule has 40 heavy (non-hydrogen) atoms. The minimum Gasteiger partial charge on any atom is -0.481 e. The van der Waals surface area contributed by atoms with Crippen LogP contribution >= 0.6 is 11.8 Å². The Morgan fingerprint density at radius 2 is 1.73 bits per heavy atom. The van der Waals surface area contributed by atoms with Gasteiger partial charge in [0, 0.05) is 28.9 Å². The molecule has 0 bridgehead atoms. The molecule has 2 aromatic carbocycles. The lowest BCUT2D eigenvalue weighted by Crippen LogP contribution is -2.26. The topological polar surface area (TPSA) is 91.6 Å². The second-order valence-corrected chi connectivity index (χ2v) is 10.9. The van der Waals surface area contributed by atoms with Crippen LogP contribution in [-0.2, 0) is 16.7 Å². The van der Waals surface area contributed by atoms with Crippen molar-refractivity contribution in [2.45, 2.75) is 56.5 Å². The number of halogens is 3. The lowest BCUT2D eigenvalue weighted by atomic mass is 9.81. The Labute approximate surface area is 235 Å². The summed E-state index contributed by atoms with van der Waals surface area (Å²) in [5.41, 5.74) is 2.13. The average molecular weight is 575 g/mol. The van der Waals surface area contributed by atoms with Crippen molar-refractivity contribution in [3.05, 3.63) is 77.0 Å². The number of carbonyl (C=O) groups is 2. The highest BCUT2D eigenvalue weighted by Gasteiger charge is 2.31. The van der Waals surface area contributed by atoms with Gasteiger partial charge in [-0.3, -0.25) is 9.59 Å². The Bertz CT molecular complexity index is 1280. The monoisotopic (exact) mass is 574 g/mol. The van der Waals surface area contributed by atoms with Gasteiger partial charge in [0.1, 0.15) is 11.5 Å². The third-order valence-corrected chi connectivity index (χ3v) is 7.71. The number of nitrogens with one attached hydrogen (secondary N) is 2. The fourth-order valence-corrected chi connectivity index (χ4v) is 5.60. The molecule has 1 aliphatic rings. The van der Waals surface area contributed by atoms with Gasteiger partial charge >= 0.3 is 12.1 Å². The van der Waals surface area contributed by atoms with Gasteiger partial charge in [0.25, 0.3) is 5.91 Å². The fourth-order valence-electron chi connectivity index (χ4n) is 5.12. The molecule has 1 aliphatic carbocycles. The van der Waals surface area contributed by atoms with Gasteiger partial charge in [-0.25, -0.2) is 0 Å². The molecule has 1 fully saturated rings. The van der Waals surface area contributed by atoms with Crippen LogP contribution in [0.4, 0.5) is 18.9 Å². The third kappa shape index (κ3) is 7.62. The Hall–Kier alpha value is -3.40. The van der Waals surface area contributed by atoms with Gasteiger partial charge in [-0.05, 0) is 67.5 Å². The number of hydrogen-bond donors (Lipinski definition) is 3. The second kappa shape index (κ2) is 13.3. The van der Waals surface area contributed by atoms with Crippen LogP contribution in [0.2, 0.25) is 0 Å². The summed E-state index contributed by atoms with van der Waals surface area (Å²) < 4.78 is 45.5. The first-order valence-corrected chi connectivity index (χ1v) is 14.7. The summed E-state index contributed by atoms with van der Waals surface area (Å²) in [6, 6.07) is 13.9. The minimum atomic E-state index is -4.40. The highest BCUT2D eigenvalue weighted by molar-refractivity contribution is 7.97. The van der Waals surface area contributed by atoms with Crippen LogP contribution < -0.4 is 10.6 Å². The zero-order chi connectivity index (χ0) is 28.7. The molecule has 3 aromatic rings. The number of carboxylic acid groups (broad SMARTS) is 1. The van der Waals surface area contributed by atoms with Crippen LogP contribution in [0.15, 0.2) is 59.0 Å². The van der Waals surface area contributed by atoms with E-state index in [1.165, 1.54) is 18.6 Å². The van der Waals surface area contributed by atoms with Crippen LogP contribution in [0, 0.1) is 5.92 Å². The molecule has 3 N–H and O–H groups in total. The molecular weight excluding hydrogens is 541 g/mol. The van der Waals surface area contributed by atoms with E-state index in [1.54, 1.807) is 23.9 Å². The van der Waals surface area contributed by atoms with Gasteiger partial charge in [-0.2, -0.15) is 24.9 Å². The molecule has 10 heteroatoms. The predicted molar refractivity (Wildman–Crippen MR) is 150 cm³/mol. The molecule has 6 nitrogen and oxygen atoms in total. The van der Waals surface area contributed by atoms with Crippen LogP contribution in [0.3, 0.4) is 0 Å². The van der Waals surface area contributed by atoms with E-state index < -0.39 is 17.7 Å². The maximum absolute atomic E-state index is 13.1. The van der Waals surface area contributed by atoms with Gasteiger partial charge in [-0.1, -0.05) is 31.4 Å². The van der Waals surface area contributed by atoms with Crippen molar-refractivity contribution < 1.29 is 32.3 Å². The minimum absolute atomic E-state index is 0.0535. The SMILES string of the molecule is CSCc1oc(-c2ccc(C(F)(F)F)cc2)cc1C(Nc1ccc(C(=O)NCCC(=O)O)cc1)C1CCCCC1. The summed E-state index contributed by atoms with van der Waals surface area (Å²) in [6.45, 7) is 0.0535. The quantitative estimate of drug-likeness (QED) is 0.217. The van der Waals surface area contributed by atoms with Crippen molar-refractivity contribution in [3.63, 3.8) is 0 Å². The first-order valence-electron chi connectivity index (χ1n) is 13.3. The van der Waals surface area contributed by atoms with Gasteiger partial charge in [0.15, 0.2) is 0 Å². The summed E-state index contributed by atoms with van der Waals surface area (Å²) in [7, 11) is 0. The fraction of sp³-hybridized carbons (Fsp3) is 0.400. The van der Waals surface area contributed by atoms with Crippen LogP contribution in [0.1, 0.15) is 71.8 Å². The zero-order valence-electron chi connectivity index (χ0n) is 22.2. The molecule has 1 unspecified atom stereocenters. The van der Waals surface area contributed by atoms with Gasteiger partial charge in [0.05, 0.1) is 23.8 Å². The number of alkyl halides is 3. The second-order valence-electron chi connectivity index (χ2n) is 9.99. The lowest BCUT2D eigenvalue weighted by molar-refractivity contribution is -0.138. The van der Waals surface area contributed by atoms with Crippen molar-refractivity contribution in [1.29, 1.82) is 0 Å². The Balaban J connectivity index is 1.60. The molecule has 214 valence electrons. The van der Waals surface area contributed by atoms with Crippen molar-refractivity contribution in [2.75, 3.05) is 18.1 Å². The summed E-state index contributed by atoms with van der Waals surface area (Å²) >= 11 is 1.62. The summed E-state index contributed by atoms with van der Waals surface area (Å²) in [5.74, 6) is 0.969. The van der Waals surface area contributed by atoms with Crippen molar-refractivity contribution in [3.8, 4) is 11.3 Å². The maximum atomic E-state index is 13.1. The number of hydrogen-bond acceptors (Lipinski definition) is 5. The van der Waals surface area contributed by atoms with Crippen LogP contribution in [-0.4, -0.2) is 29.8 Å². The summed E-state index contributed by atoms with van der Waals surface area (Å²) in [5, 5.41) is 15.0. The van der Waals surface area contributed by atoms with E-state index in [-0.39, 0.29) is 24.9 Å². The normalized spacial score (nSPS) is 15.0. The van der Waals surface area contributed by atoms with Gasteiger partial charge in [0.2, 0.25) is 0 Å². The van der Waals surface area contributed by atoms with Crippen LogP contribution in [0.25, 0.3) is 11.3 Å². The molecule has 1 saturated carbocycles. The number of carboxylic acids is 1. The molecule has 1 atom stereocenters. The highest BCUT2D eigenvalue weighted by atomic mass is 32.2. The van der Waals surface area contributed by atoms with E-state index in [0.29, 0.717) is 28.6 Å². The van der Waals surface area contributed by atoms with E-state index in [4.69, 9.17) is 9.52 Å². The van der Waals surface area contributed by atoms with E-state index in [9.17, 15) is 22.8 Å². The zero-order valence-corrected chi connectivity index (χ0v) is 23.0. The molecule has 1 heterocycles. The molecule has 0 aliphatic heterocycles. The molecular formula is C30H33F3N2O4S. The lowest BCUT2D eigenvalue weighted by Gasteiger charge is -2.32. The number of aliphatic carboxylic acids is 1. The molecule has 0 saturated heterocycles. The molecule has 4 rings (SSSR count). The number of carbonyl (C=O) groups excluding carboxylic acids is 1. The molecule has 0 spiro atoms. The van der Waals surface area contributed by atoms with Crippen molar-refractivity contribution in [2.24, 2.45) is 5.92 Å². The van der Waals surface area contributed by atoms with Crippen LogP contribution in [0.5, 0.6) is 0 Å². The van der Waals surface area contributed by atoms with Gasteiger partial charge in [-0.15, -0.1) is 0 Å². The number of benzene rings is 2. The standard InChI is InChI=1S/C30H33F3N2O4S/c1-40-18-26-24(17-25(39-26)19-7-11-22(12-8-19)30(31,32)33)28(20-5-3-2-4-6-20)35-23-13-9-21(10-14-23)29(38)34-16-15-27(36)37/h7-14,17,20,28,35H,2-6,15-16,18H2,1H3,(H,34,38)(H,36,37). The van der Waals surface area contributed by atoms with E-state index in [0.717, 1.165) is 54.8 Å². The Morgan fingerprint density at radius 3 is 2.33 bits per heavy atom. The van der Waals surface area contributed by atoms with Crippen molar-refractivity contribution in [1.82, 2.24) is 5.32 Å². The molecule has 1 amide bonds. The third-order valence-electron chi connectivity index (χ3n) is 7.16. The van der Waals surface area contributed by atoms with E-state index in [1.807, 2.05) is 24.5 Å². The molecule has 0 radical (unpaired) electrons. The largest absolute Gasteiger partial charge is 0.481 e. The van der Waals surface area contributed by atoms with E-state index >= 15 is 0 Å². The maximum Gasteiger partial charge on any atom is 0.416 e. The van der Waals surface area contributed by atoms with Crippen molar-refractivity contribution >= 4 is 29.3 Å². The number of furan rings is 1. The molecule has 1 aromatic heterocycles. The highest BCUT2D eigenvalue weighted by Crippen LogP contribution is 2.41. The first-order chi connectivity index (χ1) is 19.2. The Kier molecular flexibility index (Phi) is 9.84. The predicted octanol–water partition coefficient (Wildman–Crippen LogP) is 7.77. The first kappa shape index (κ1) is 29.6.